The summed E-state index contributed by atoms with van der Waals surface area (Å²) >= 11 is 0. The largest absolute Gasteiger partial charge is 0.461 e. The molecule has 4 heterocycles. The van der Waals surface area contributed by atoms with Gasteiger partial charge in [0.2, 0.25) is 5.78 Å². The van der Waals surface area contributed by atoms with Gasteiger partial charge in [-0.2, -0.15) is 0 Å². The van der Waals surface area contributed by atoms with Gasteiger partial charge in [0.05, 0.1) is 18.8 Å². The molecule has 0 aliphatic heterocycles. The first-order valence-corrected chi connectivity index (χ1v) is 11.6. The van der Waals surface area contributed by atoms with Crippen molar-refractivity contribution in [3.05, 3.63) is 78.1 Å². The lowest BCUT2D eigenvalue weighted by Crippen LogP contribution is -2.11. The third-order valence-corrected chi connectivity index (χ3v) is 5.72. The van der Waals surface area contributed by atoms with E-state index in [0.717, 1.165) is 47.5 Å². The lowest BCUT2D eigenvalue weighted by Gasteiger charge is -2.09. The Hall–Kier alpha value is -4.07. The molecule has 0 aliphatic rings. The van der Waals surface area contributed by atoms with Crippen molar-refractivity contribution in [3.8, 4) is 11.3 Å². The van der Waals surface area contributed by atoms with Crippen LogP contribution in [-0.2, 0) is 17.7 Å². The molecule has 0 saturated carbocycles. The van der Waals surface area contributed by atoms with Gasteiger partial charge in [-0.1, -0.05) is 43.7 Å². The topological polar surface area (TPSA) is 87.2 Å². The first kappa shape index (κ1) is 21.8. The molecule has 0 fully saturated rings. The van der Waals surface area contributed by atoms with Crippen molar-refractivity contribution in [2.75, 3.05) is 6.61 Å². The summed E-state index contributed by atoms with van der Waals surface area (Å²) in [7, 11) is 0. The summed E-state index contributed by atoms with van der Waals surface area (Å²) in [5.41, 5.74) is 4.31. The zero-order chi connectivity index (χ0) is 23.5. The van der Waals surface area contributed by atoms with Crippen molar-refractivity contribution in [1.82, 2.24) is 28.9 Å². The number of fused-ring (bicyclic) bond motifs is 2. The van der Waals surface area contributed by atoms with E-state index in [-0.39, 0.29) is 6.61 Å². The van der Waals surface area contributed by atoms with Crippen LogP contribution in [0.1, 0.15) is 48.7 Å². The molecule has 0 N–H and O–H groups in total. The van der Waals surface area contributed by atoms with Crippen molar-refractivity contribution in [2.24, 2.45) is 0 Å². The number of unbranched alkanes of at least 4 members (excludes halogenated alkanes) is 1. The molecule has 4 aromatic heterocycles. The summed E-state index contributed by atoms with van der Waals surface area (Å²) < 4.78 is 9.15. The second kappa shape index (κ2) is 9.43. The number of ether oxygens (including phenoxy) is 1. The van der Waals surface area contributed by atoms with Crippen molar-refractivity contribution in [1.29, 1.82) is 0 Å². The molecule has 8 nitrogen and oxygen atoms in total. The van der Waals surface area contributed by atoms with Crippen molar-refractivity contribution in [2.45, 2.75) is 39.7 Å². The Bertz CT molecular complexity index is 1450. The molecule has 0 aliphatic carbocycles. The normalized spacial score (nSPS) is 11.4. The van der Waals surface area contributed by atoms with Gasteiger partial charge in [0, 0.05) is 24.4 Å². The number of imidazole rings is 2. The van der Waals surface area contributed by atoms with Crippen LogP contribution in [0.3, 0.4) is 0 Å². The number of nitrogens with zero attached hydrogens (tertiary/aromatic N) is 6. The average Bonchev–Trinajstić information content (AvgIpc) is 3.41. The smallest absolute Gasteiger partial charge is 0.357 e. The number of pyridine rings is 1. The van der Waals surface area contributed by atoms with Gasteiger partial charge in [-0.3, -0.25) is 4.40 Å². The minimum absolute atomic E-state index is 0.285. The Balaban J connectivity index is 1.59. The molecule has 0 spiro atoms. The first-order chi connectivity index (χ1) is 16.7. The second-order valence-electron chi connectivity index (χ2n) is 8.05. The van der Waals surface area contributed by atoms with Crippen molar-refractivity contribution >= 4 is 22.9 Å². The molecule has 34 heavy (non-hydrogen) atoms. The SMILES string of the molecule is CCCCc1nc2cccnc2n1Cc1ccn2c(C(=O)OCC)c(-c3ccccc3)nc2n1. The molecule has 5 rings (SSSR count). The minimum Gasteiger partial charge on any atom is -0.461 e. The van der Waals surface area contributed by atoms with Gasteiger partial charge in [0.25, 0.3) is 0 Å². The number of aryl methyl sites for hydroxylation is 1. The molecular formula is C26H26N6O2. The van der Waals surface area contributed by atoms with Gasteiger partial charge >= 0.3 is 5.97 Å². The quantitative estimate of drug-likeness (QED) is 0.316. The van der Waals surface area contributed by atoms with Gasteiger partial charge in [-0.05, 0) is 31.5 Å². The van der Waals surface area contributed by atoms with E-state index in [2.05, 4.69) is 16.5 Å². The fourth-order valence-corrected chi connectivity index (χ4v) is 4.11. The molecule has 1 aromatic carbocycles. The van der Waals surface area contributed by atoms with Crippen LogP contribution in [0.5, 0.6) is 0 Å². The third-order valence-electron chi connectivity index (χ3n) is 5.72. The Morgan fingerprint density at radius 1 is 1.00 bits per heavy atom. The number of carbonyl (C=O) groups is 1. The first-order valence-electron chi connectivity index (χ1n) is 11.6. The lowest BCUT2D eigenvalue weighted by atomic mass is 10.1. The maximum absolute atomic E-state index is 12.8. The van der Waals surface area contributed by atoms with Gasteiger partial charge in [-0.25, -0.2) is 24.7 Å². The van der Waals surface area contributed by atoms with E-state index in [1.807, 2.05) is 54.7 Å². The second-order valence-corrected chi connectivity index (χ2v) is 8.05. The highest BCUT2D eigenvalue weighted by Crippen LogP contribution is 2.25. The van der Waals surface area contributed by atoms with E-state index in [1.54, 1.807) is 17.5 Å². The molecule has 5 aromatic rings. The Labute approximate surface area is 197 Å². The molecule has 0 unspecified atom stereocenters. The number of aromatic nitrogens is 6. The number of rotatable bonds is 8. The van der Waals surface area contributed by atoms with Gasteiger partial charge in [0.1, 0.15) is 17.0 Å². The zero-order valence-electron chi connectivity index (χ0n) is 19.3. The molecule has 0 atom stereocenters. The molecule has 8 heteroatoms. The van der Waals surface area contributed by atoms with E-state index in [4.69, 9.17) is 19.7 Å². The third kappa shape index (κ3) is 4.03. The van der Waals surface area contributed by atoms with E-state index < -0.39 is 5.97 Å². The Morgan fingerprint density at radius 2 is 1.85 bits per heavy atom. The molecule has 0 radical (unpaired) electrons. The van der Waals surface area contributed by atoms with E-state index in [0.29, 0.717) is 23.7 Å². The van der Waals surface area contributed by atoms with Crippen LogP contribution < -0.4 is 0 Å². The lowest BCUT2D eigenvalue weighted by molar-refractivity contribution is 0.0519. The van der Waals surface area contributed by atoms with Gasteiger partial charge < -0.3 is 9.30 Å². The van der Waals surface area contributed by atoms with E-state index >= 15 is 0 Å². The van der Waals surface area contributed by atoms with Crippen LogP contribution in [0, 0.1) is 0 Å². The van der Waals surface area contributed by atoms with E-state index in [9.17, 15) is 4.79 Å². The fraction of sp³-hybridized carbons (Fsp3) is 0.269. The number of hydrogen-bond donors (Lipinski definition) is 0. The highest BCUT2D eigenvalue weighted by atomic mass is 16.5. The predicted octanol–water partition coefficient (Wildman–Crippen LogP) is 4.71. The highest BCUT2D eigenvalue weighted by molar-refractivity contribution is 5.95. The highest BCUT2D eigenvalue weighted by Gasteiger charge is 2.23. The predicted molar refractivity (Wildman–Crippen MR) is 130 cm³/mol. The zero-order valence-corrected chi connectivity index (χ0v) is 19.3. The number of carbonyl (C=O) groups excluding carboxylic acids is 1. The van der Waals surface area contributed by atoms with Crippen molar-refractivity contribution < 1.29 is 9.53 Å². The van der Waals surface area contributed by atoms with Crippen LogP contribution in [0.4, 0.5) is 0 Å². The number of hydrogen-bond acceptors (Lipinski definition) is 6. The molecule has 0 saturated heterocycles. The maximum atomic E-state index is 12.8. The standard InChI is InChI=1S/C26H26N6O2/c1-3-5-13-21-29-20-12-9-15-27-24(20)32(21)17-19-14-16-31-23(25(33)34-4-2)22(30-26(31)28-19)18-10-7-6-8-11-18/h6-12,14-16H,3-5,13,17H2,1-2H3. The number of esters is 1. The van der Waals surface area contributed by atoms with Gasteiger partial charge in [0.15, 0.2) is 11.3 Å². The fourth-order valence-electron chi connectivity index (χ4n) is 4.11. The van der Waals surface area contributed by atoms with Crippen LogP contribution >= 0.6 is 0 Å². The molecule has 172 valence electrons. The molecule has 0 amide bonds. The maximum Gasteiger partial charge on any atom is 0.357 e. The summed E-state index contributed by atoms with van der Waals surface area (Å²) in [6, 6.07) is 15.4. The Morgan fingerprint density at radius 3 is 2.65 bits per heavy atom. The minimum atomic E-state index is -0.421. The summed E-state index contributed by atoms with van der Waals surface area (Å²) in [6.07, 6.45) is 6.64. The van der Waals surface area contributed by atoms with Gasteiger partial charge in [-0.15, -0.1) is 0 Å². The summed E-state index contributed by atoms with van der Waals surface area (Å²) in [5.74, 6) is 1.03. The van der Waals surface area contributed by atoms with Crippen LogP contribution in [0.2, 0.25) is 0 Å². The summed E-state index contributed by atoms with van der Waals surface area (Å²) in [6.45, 7) is 4.77. The van der Waals surface area contributed by atoms with Crippen molar-refractivity contribution in [3.63, 3.8) is 0 Å². The Kier molecular flexibility index (Phi) is 6.03. The van der Waals surface area contributed by atoms with Crippen LogP contribution in [0.15, 0.2) is 60.9 Å². The summed E-state index contributed by atoms with van der Waals surface area (Å²) in [5, 5.41) is 0. The number of benzene rings is 1. The monoisotopic (exact) mass is 454 g/mol. The van der Waals surface area contributed by atoms with Crippen LogP contribution in [-0.4, -0.2) is 41.5 Å². The molecular weight excluding hydrogens is 428 g/mol. The average molecular weight is 455 g/mol. The van der Waals surface area contributed by atoms with E-state index in [1.165, 1.54) is 0 Å². The molecule has 0 bridgehead atoms. The summed E-state index contributed by atoms with van der Waals surface area (Å²) in [4.78, 5) is 31.7. The van der Waals surface area contributed by atoms with Crippen LogP contribution in [0.25, 0.3) is 28.2 Å².